The maximum Gasteiger partial charge on any atom is 0.00736 e. The molecule has 0 amide bonds. The van der Waals surface area contributed by atoms with Crippen LogP contribution in [0, 0.1) is 6.92 Å². The van der Waals surface area contributed by atoms with E-state index >= 15 is 0 Å². The molecule has 17 heavy (non-hydrogen) atoms. The molecule has 2 aromatic carbocycles. The highest BCUT2D eigenvalue weighted by molar-refractivity contribution is 5.80. The zero-order valence-electron chi connectivity index (χ0n) is 10.3. The summed E-state index contributed by atoms with van der Waals surface area (Å²) in [5.41, 5.74) is 8.23. The smallest absolute Gasteiger partial charge is 0.00736 e. The summed E-state index contributed by atoms with van der Waals surface area (Å²) in [6.07, 6.45) is 1.92. The van der Waals surface area contributed by atoms with Crippen molar-refractivity contribution >= 4 is 6.08 Å². The minimum atomic E-state index is 0.500. The van der Waals surface area contributed by atoms with E-state index < -0.39 is 0 Å². The summed E-state index contributed by atoms with van der Waals surface area (Å²) in [6.45, 7) is 8.29. The van der Waals surface area contributed by atoms with Crippen molar-refractivity contribution in [1.29, 1.82) is 0 Å². The maximum absolute atomic E-state index is 3.84. The second kappa shape index (κ2) is 3.59. The lowest BCUT2D eigenvalue weighted by atomic mass is 9.97. The number of hydrogen-bond acceptors (Lipinski definition) is 0. The topological polar surface area (TPSA) is 0 Å². The predicted molar refractivity (Wildman–Crippen MR) is 74.2 cm³/mol. The number of hydrogen-bond donors (Lipinski definition) is 0. The molecule has 2 aromatic rings. The molecule has 0 heteroatoms. The summed E-state index contributed by atoms with van der Waals surface area (Å²) in [4.78, 5) is 0. The first-order chi connectivity index (χ1) is 8.20. The second-order valence-corrected chi connectivity index (χ2v) is 4.86. The van der Waals surface area contributed by atoms with Crippen molar-refractivity contribution in [3.63, 3.8) is 0 Å². The Bertz CT molecular complexity index is 605. The first-order valence-corrected chi connectivity index (χ1v) is 6.08. The molecule has 1 unspecified atom stereocenters. The lowest BCUT2D eigenvalue weighted by Gasteiger charge is -2.07. The summed E-state index contributed by atoms with van der Waals surface area (Å²) in [5, 5.41) is 0. The van der Waals surface area contributed by atoms with Crippen LogP contribution in [-0.4, -0.2) is 0 Å². The first-order valence-electron chi connectivity index (χ1n) is 6.08. The van der Waals surface area contributed by atoms with Gasteiger partial charge in [0.25, 0.3) is 0 Å². The van der Waals surface area contributed by atoms with Crippen LogP contribution < -0.4 is 0 Å². The van der Waals surface area contributed by atoms with E-state index in [1.807, 2.05) is 6.08 Å². The summed E-state index contributed by atoms with van der Waals surface area (Å²) >= 11 is 0. The molecule has 1 aliphatic carbocycles. The van der Waals surface area contributed by atoms with Crippen molar-refractivity contribution in [3.8, 4) is 11.1 Å². The quantitative estimate of drug-likeness (QED) is 0.649. The van der Waals surface area contributed by atoms with E-state index in [0.717, 1.165) is 0 Å². The fraction of sp³-hybridized carbons (Fsp3) is 0.176. The van der Waals surface area contributed by atoms with Crippen LogP contribution in [0.2, 0.25) is 0 Å². The van der Waals surface area contributed by atoms with Crippen molar-refractivity contribution in [2.75, 3.05) is 0 Å². The van der Waals surface area contributed by atoms with Crippen molar-refractivity contribution in [1.82, 2.24) is 0 Å². The van der Waals surface area contributed by atoms with E-state index in [1.54, 1.807) is 0 Å². The molecule has 0 N–H and O–H groups in total. The van der Waals surface area contributed by atoms with Gasteiger partial charge in [-0.1, -0.05) is 61.5 Å². The molecule has 0 heterocycles. The molecule has 0 radical (unpaired) electrons. The van der Waals surface area contributed by atoms with Gasteiger partial charge in [-0.3, -0.25) is 0 Å². The summed E-state index contributed by atoms with van der Waals surface area (Å²) in [6, 6.07) is 13.4. The van der Waals surface area contributed by atoms with Gasteiger partial charge >= 0.3 is 0 Å². The molecule has 84 valence electrons. The van der Waals surface area contributed by atoms with Gasteiger partial charge in [0.1, 0.15) is 0 Å². The fourth-order valence-electron chi connectivity index (χ4n) is 2.76. The molecule has 0 nitrogen and oxygen atoms in total. The molecule has 0 fully saturated rings. The van der Waals surface area contributed by atoms with Gasteiger partial charge in [-0.05, 0) is 34.7 Å². The lowest BCUT2D eigenvalue weighted by molar-refractivity contribution is 0.954. The van der Waals surface area contributed by atoms with Gasteiger partial charge in [0, 0.05) is 5.92 Å². The third-order valence-electron chi connectivity index (χ3n) is 3.74. The minimum Gasteiger partial charge on any atom is -0.0985 e. The highest BCUT2D eigenvalue weighted by Crippen LogP contribution is 2.45. The first kappa shape index (κ1) is 10.3. The average Bonchev–Trinajstić information content (AvgIpc) is 2.62. The summed E-state index contributed by atoms with van der Waals surface area (Å²) in [5.74, 6) is 0.500. The normalized spacial score (nSPS) is 16.5. The molecule has 0 spiro atoms. The number of benzene rings is 2. The third-order valence-corrected chi connectivity index (χ3v) is 3.74. The zero-order valence-corrected chi connectivity index (χ0v) is 10.3. The lowest BCUT2D eigenvalue weighted by Crippen LogP contribution is -1.90. The Morgan fingerprint density at radius 1 is 1.00 bits per heavy atom. The Balaban J connectivity index is 2.26. The molecular formula is C17H16. The van der Waals surface area contributed by atoms with Gasteiger partial charge in [-0.15, -0.1) is 0 Å². The van der Waals surface area contributed by atoms with Gasteiger partial charge in [-0.2, -0.15) is 0 Å². The molecule has 0 aromatic heterocycles. The van der Waals surface area contributed by atoms with Crippen LogP contribution >= 0.6 is 0 Å². The van der Waals surface area contributed by atoms with E-state index in [1.165, 1.54) is 33.4 Å². The maximum atomic E-state index is 3.84. The Hall–Kier alpha value is -1.82. The number of rotatable bonds is 1. The predicted octanol–water partition coefficient (Wildman–Crippen LogP) is 4.77. The largest absolute Gasteiger partial charge is 0.0985 e. The molecule has 0 saturated heterocycles. The van der Waals surface area contributed by atoms with E-state index in [-0.39, 0.29) is 0 Å². The van der Waals surface area contributed by atoms with Gasteiger partial charge < -0.3 is 0 Å². The van der Waals surface area contributed by atoms with Gasteiger partial charge in [0.05, 0.1) is 0 Å². The van der Waals surface area contributed by atoms with E-state index in [2.05, 4.69) is 56.8 Å². The van der Waals surface area contributed by atoms with Crippen LogP contribution in [-0.2, 0) is 0 Å². The highest BCUT2D eigenvalue weighted by atomic mass is 14.3. The fourth-order valence-corrected chi connectivity index (χ4v) is 2.76. The Morgan fingerprint density at radius 2 is 1.65 bits per heavy atom. The Labute approximate surface area is 103 Å². The molecule has 1 aliphatic rings. The summed E-state index contributed by atoms with van der Waals surface area (Å²) < 4.78 is 0. The molecule has 0 saturated carbocycles. The zero-order chi connectivity index (χ0) is 12.0. The highest BCUT2D eigenvalue weighted by Gasteiger charge is 2.24. The van der Waals surface area contributed by atoms with Crippen LogP contribution in [0.5, 0.6) is 0 Å². The third kappa shape index (κ3) is 1.44. The number of fused-ring (bicyclic) bond motifs is 3. The molecule has 3 rings (SSSR count). The molecule has 0 aliphatic heterocycles. The van der Waals surface area contributed by atoms with E-state index in [9.17, 15) is 0 Å². The molecular weight excluding hydrogens is 204 g/mol. The monoisotopic (exact) mass is 220 g/mol. The minimum absolute atomic E-state index is 0.500. The van der Waals surface area contributed by atoms with Crippen LogP contribution in [0.1, 0.15) is 35.1 Å². The molecule has 1 atom stereocenters. The van der Waals surface area contributed by atoms with Crippen LogP contribution in [0.15, 0.2) is 43.0 Å². The van der Waals surface area contributed by atoms with Crippen LogP contribution in [0.4, 0.5) is 0 Å². The SMILES string of the molecule is C=Cc1ccc2c(c1)C(C)c1cc(C)ccc1-2. The number of aryl methyl sites for hydroxylation is 1. The van der Waals surface area contributed by atoms with Crippen molar-refractivity contribution < 1.29 is 0 Å². The van der Waals surface area contributed by atoms with Gasteiger partial charge in [0.2, 0.25) is 0 Å². The molecule has 0 bridgehead atoms. The van der Waals surface area contributed by atoms with Crippen molar-refractivity contribution in [3.05, 3.63) is 65.2 Å². The average molecular weight is 220 g/mol. The van der Waals surface area contributed by atoms with Gasteiger partial charge in [-0.25, -0.2) is 0 Å². The van der Waals surface area contributed by atoms with Crippen LogP contribution in [0.25, 0.3) is 17.2 Å². The van der Waals surface area contributed by atoms with Crippen LogP contribution in [0.3, 0.4) is 0 Å². The Morgan fingerprint density at radius 3 is 2.35 bits per heavy atom. The standard InChI is InChI=1S/C17H16/c1-4-13-6-8-15-14-7-5-11(2)9-16(14)12(3)17(15)10-13/h4-10,12H,1H2,2-3H3. The van der Waals surface area contributed by atoms with Gasteiger partial charge in [0.15, 0.2) is 0 Å². The van der Waals surface area contributed by atoms with E-state index in [4.69, 9.17) is 0 Å². The second-order valence-electron chi connectivity index (χ2n) is 4.86. The Kier molecular flexibility index (Phi) is 2.19. The van der Waals surface area contributed by atoms with Crippen molar-refractivity contribution in [2.45, 2.75) is 19.8 Å². The van der Waals surface area contributed by atoms with Crippen molar-refractivity contribution in [2.24, 2.45) is 0 Å². The van der Waals surface area contributed by atoms with E-state index in [0.29, 0.717) is 5.92 Å². The summed E-state index contributed by atoms with van der Waals surface area (Å²) in [7, 11) is 0.